The zero-order valence-electron chi connectivity index (χ0n) is 10.3. The highest BCUT2D eigenvalue weighted by molar-refractivity contribution is 5.30. The molecule has 0 spiro atoms. The number of rotatable bonds is 2. The molecule has 0 bridgehead atoms. The Morgan fingerprint density at radius 2 is 2.06 bits per heavy atom. The summed E-state index contributed by atoms with van der Waals surface area (Å²) in [5.74, 6) is 0.616. The van der Waals surface area contributed by atoms with Crippen LogP contribution in [0.4, 0.5) is 0 Å². The zero-order chi connectivity index (χ0) is 11.5. The molecule has 88 valence electrons. The van der Waals surface area contributed by atoms with Gasteiger partial charge in [0.1, 0.15) is 0 Å². The first kappa shape index (κ1) is 11.6. The second-order valence-corrected chi connectivity index (χ2v) is 4.90. The van der Waals surface area contributed by atoms with E-state index in [4.69, 9.17) is 5.73 Å². The summed E-state index contributed by atoms with van der Waals surface area (Å²) < 4.78 is 0. The van der Waals surface area contributed by atoms with E-state index in [1.54, 1.807) is 0 Å². The first-order valence-corrected chi connectivity index (χ1v) is 6.24. The molecule has 0 radical (unpaired) electrons. The van der Waals surface area contributed by atoms with Crippen molar-refractivity contribution in [1.82, 2.24) is 4.90 Å². The standard InChI is InChI=1S/C14H22N2/c1-3-16-9-12(8-13(15)10-16)14-7-5-4-6-11(14)2/h4-7,12-13H,3,8-10,15H2,1-2H3. The number of likely N-dealkylation sites (N-methyl/N-ethyl adjacent to an activating group) is 1. The van der Waals surface area contributed by atoms with Gasteiger partial charge in [-0.1, -0.05) is 31.2 Å². The van der Waals surface area contributed by atoms with E-state index in [1.807, 2.05) is 0 Å². The number of nitrogens with zero attached hydrogens (tertiary/aromatic N) is 1. The number of nitrogens with two attached hydrogens (primary N) is 1. The SMILES string of the molecule is CCN1CC(N)CC(c2ccccc2C)C1. The summed E-state index contributed by atoms with van der Waals surface area (Å²) in [5.41, 5.74) is 9.02. The topological polar surface area (TPSA) is 29.3 Å². The summed E-state index contributed by atoms with van der Waals surface area (Å²) >= 11 is 0. The molecule has 1 saturated heterocycles. The van der Waals surface area contributed by atoms with Crippen molar-refractivity contribution < 1.29 is 0 Å². The van der Waals surface area contributed by atoms with Crippen LogP contribution in [0.1, 0.15) is 30.4 Å². The minimum atomic E-state index is 0.332. The maximum Gasteiger partial charge on any atom is 0.0174 e. The Kier molecular flexibility index (Phi) is 3.62. The number of hydrogen-bond acceptors (Lipinski definition) is 2. The van der Waals surface area contributed by atoms with Gasteiger partial charge in [0.05, 0.1) is 0 Å². The molecule has 1 heterocycles. The highest BCUT2D eigenvalue weighted by Gasteiger charge is 2.25. The van der Waals surface area contributed by atoms with Gasteiger partial charge in [-0.15, -0.1) is 0 Å². The van der Waals surface area contributed by atoms with Gasteiger partial charge in [0, 0.05) is 19.1 Å². The molecule has 0 aliphatic carbocycles. The van der Waals surface area contributed by atoms with E-state index < -0.39 is 0 Å². The molecule has 1 aromatic carbocycles. The Morgan fingerprint density at radius 3 is 2.75 bits per heavy atom. The number of hydrogen-bond donors (Lipinski definition) is 1. The molecule has 0 saturated carbocycles. The Morgan fingerprint density at radius 1 is 1.31 bits per heavy atom. The quantitative estimate of drug-likeness (QED) is 0.824. The maximum atomic E-state index is 6.14. The number of piperidine rings is 1. The van der Waals surface area contributed by atoms with Crippen molar-refractivity contribution >= 4 is 0 Å². The molecule has 1 aliphatic heterocycles. The molecule has 2 N–H and O–H groups in total. The molecule has 16 heavy (non-hydrogen) atoms. The molecule has 2 nitrogen and oxygen atoms in total. The fourth-order valence-corrected chi connectivity index (χ4v) is 2.76. The average Bonchev–Trinajstić information content (AvgIpc) is 2.28. The van der Waals surface area contributed by atoms with E-state index in [2.05, 4.69) is 43.0 Å². The maximum absolute atomic E-state index is 6.14. The van der Waals surface area contributed by atoms with E-state index in [0.717, 1.165) is 26.1 Å². The van der Waals surface area contributed by atoms with Crippen LogP contribution in [0.25, 0.3) is 0 Å². The van der Waals surface area contributed by atoms with Gasteiger partial charge in [-0.25, -0.2) is 0 Å². The third-order valence-electron chi connectivity index (χ3n) is 3.63. The highest BCUT2D eigenvalue weighted by Crippen LogP contribution is 2.28. The predicted molar refractivity (Wildman–Crippen MR) is 68.6 cm³/mol. The van der Waals surface area contributed by atoms with Crippen LogP contribution in [0, 0.1) is 6.92 Å². The summed E-state index contributed by atoms with van der Waals surface area (Å²) in [6.07, 6.45) is 1.13. The van der Waals surface area contributed by atoms with Gasteiger partial charge >= 0.3 is 0 Å². The van der Waals surface area contributed by atoms with E-state index in [-0.39, 0.29) is 0 Å². The van der Waals surface area contributed by atoms with Crippen LogP contribution >= 0.6 is 0 Å². The van der Waals surface area contributed by atoms with E-state index in [9.17, 15) is 0 Å². The summed E-state index contributed by atoms with van der Waals surface area (Å²) in [6.45, 7) is 7.74. The van der Waals surface area contributed by atoms with Crippen LogP contribution in [0.5, 0.6) is 0 Å². The Bertz CT molecular complexity index is 348. The van der Waals surface area contributed by atoms with Crippen molar-refractivity contribution in [3.63, 3.8) is 0 Å². The molecule has 1 aromatic rings. The average molecular weight is 218 g/mol. The molecule has 2 atom stereocenters. The van der Waals surface area contributed by atoms with Crippen LogP contribution in [0.15, 0.2) is 24.3 Å². The fraction of sp³-hybridized carbons (Fsp3) is 0.571. The summed E-state index contributed by atoms with van der Waals surface area (Å²) in [7, 11) is 0. The van der Waals surface area contributed by atoms with Crippen LogP contribution in [0.3, 0.4) is 0 Å². The van der Waals surface area contributed by atoms with Gasteiger partial charge in [0.25, 0.3) is 0 Å². The molecular formula is C14H22N2. The minimum Gasteiger partial charge on any atom is -0.327 e. The van der Waals surface area contributed by atoms with Gasteiger partial charge in [-0.05, 0) is 36.9 Å². The van der Waals surface area contributed by atoms with Crippen LogP contribution in [-0.2, 0) is 0 Å². The second-order valence-electron chi connectivity index (χ2n) is 4.90. The van der Waals surface area contributed by atoms with Crippen molar-refractivity contribution in [2.75, 3.05) is 19.6 Å². The van der Waals surface area contributed by atoms with Crippen molar-refractivity contribution in [1.29, 1.82) is 0 Å². The lowest BCUT2D eigenvalue weighted by atomic mass is 9.86. The van der Waals surface area contributed by atoms with E-state index in [1.165, 1.54) is 11.1 Å². The molecule has 0 aromatic heterocycles. The van der Waals surface area contributed by atoms with E-state index in [0.29, 0.717) is 12.0 Å². The Labute approximate surface area is 98.4 Å². The third kappa shape index (κ3) is 2.45. The van der Waals surface area contributed by atoms with Gasteiger partial charge in [0.2, 0.25) is 0 Å². The summed E-state index contributed by atoms with van der Waals surface area (Å²) in [5, 5.41) is 0. The Hall–Kier alpha value is -0.860. The minimum absolute atomic E-state index is 0.332. The van der Waals surface area contributed by atoms with Gasteiger partial charge in [0.15, 0.2) is 0 Å². The van der Waals surface area contributed by atoms with Gasteiger partial charge < -0.3 is 10.6 Å². The number of benzene rings is 1. The zero-order valence-corrected chi connectivity index (χ0v) is 10.3. The van der Waals surface area contributed by atoms with Crippen molar-refractivity contribution in [2.24, 2.45) is 5.73 Å². The molecule has 1 aliphatic rings. The van der Waals surface area contributed by atoms with E-state index >= 15 is 0 Å². The third-order valence-corrected chi connectivity index (χ3v) is 3.63. The lowest BCUT2D eigenvalue weighted by molar-refractivity contribution is 0.197. The lowest BCUT2D eigenvalue weighted by Crippen LogP contribution is -2.46. The molecule has 2 unspecified atom stereocenters. The first-order valence-electron chi connectivity index (χ1n) is 6.24. The van der Waals surface area contributed by atoms with Gasteiger partial charge in [-0.3, -0.25) is 0 Å². The largest absolute Gasteiger partial charge is 0.327 e. The second kappa shape index (κ2) is 4.98. The lowest BCUT2D eigenvalue weighted by Gasteiger charge is -2.36. The van der Waals surface area contributed by atoms with Crippen molar-refractivity contribution in [2.45, 2.75) is 32.2 Å². The van der Waals surface area contributed by atoms with Crippen molar-refractivity contribution in [3.05, 3.63) is 35.4 Å². The van der Waals surface area contributed by atoms with Crippen LogP contribution in [0.2, 0.25) is 0 Å². The molecular weight excluding hydrogens is 196 g/mol. The van der Waals surface area contributed by atoms with Crippen LogP contribution in [-0.4, -0.2) is 30.6 Å². The Balaban J connectivity index is 2.17. The monoisotopic (exact) mass is 218 g/mol. The molecule has 2 heteroatoms. The highest BCUT2D eigenvalue weighted by atomic mass is 15.1. The summed E-state index contributed by atoms with van der Waals surface area (Å²) in [4.78, 5) is 2.46. The van der Waals surface area contributed by atoms with Crippen LogP contribution < -0.4 is 5.73 Å². The normalized spacial score (nSPS) is 26.9. The fourth-order valence-electron chi connectivity index (χ4n) is 2.76. The predicted octanol–water partition coefficient (Wildman–Crippen LogP) is 2.13. The first-order chi connectivity index (χ1) is 7.70. The number of likely N-dealkylation sites (tertiary alicyclic amines) is 1. The number of aryl methyl sites for hydroxylation is 1. The van der Waals surface area contributed by atoms with Crippen molar-refractivity contribution in [3.8, 4) is 0 Å². The summed E-state index contributed by atoms with van der Waals surface area (Å²) in [6, 6.07) is 9.04. The molecule has 0 amide bonds. The smallest absolute Gasteiger partial charge is 0.0174 e. The van der Waals surface area contributed by atoms with Gasteiger partial charge in [-0.2, -0.15) is 0 Å². The molecule has 1 fully saturated rings. The molecule has 2 rings (SSSR count).